The fourth-order valence-corrected chi connectivity index (χ4v) is 1.89. The maximum Gasteiger partial charge on any atom is 1.00 e. The van der Waals surface area contributed by atoms with Gasteiger partial charge < -0.3 is 20.4 Å². The van der Waals surface area contributed by atoms with E-state index in [9.17, 15) is 14.7 Å². The first-order valence-corrected chi connectivity index (χ1v) is 9.07. The van der Waals surface area contributed by atoms with E-state index in [1.165, 1.54) is 58.3 Å². The molecule has 0 saturated heterocycles. The quantitative estimate of drug-likeness (QED) is 0.285. The molecule has 1 atom stereocenters. The number of carbonyl (C=O) groups is 2. The van der Waals surface area contributed by atoms with Crippen molar-refractivity contribution in [2.24, 2.45) is 5.73 Å². The summed E-state index contributed by atoms with van der Waals surface area (Å²) >= 11 is 0. The Labute approximate surface area is 170 Å². The topological polar surface area (TPSA) is 92.5 Å². The van der Waals surface area contributed by atoms with E-state index in [-0.39, 0.29) is 41.9 Å². The van der Waals surface area contributed by atoms with Crippen LogP contribution in [0.5, 0.6) is 0 Å². The summed E-state index contributed by atoms with van der Waals surface area (Å²) in [7, 11) is 0. The second-order valence-electron chi connectivity index (χ2n) is 5.86. The van der Waals surface area contributed by atoms with E-state index in [4.69, 9.17) is 10.5 Å². The smallest absolute Gasteiger partial charge is 0.550 e. The van der Waals surface area contributed by atoms with Crippen molar-refractivity contribution in [2.75, 3.05) is 6.61 Å². The monoisotopic (exact) mass is 353 g/mol. The standard InChI is InChI=1S/C15H31NO2.C3H6O2.Na/c1-3-4-5-6-7-8-9-10-11-12-13-18-15(17)14(2)16;1-2-3(4)5;/h14H,3-13,16H2,1-2H3;2H2,1H3,(H,4,5);/q;;+1/p-1. The van der Waals surface area contributed by atoms with E-state index in [1.54, 1.807) is 6.92 Å². The number of esters is 1. The van der Waals surface area contributed by atoms with E-state index in [2.05, 4.69) is 6.92 Å². The van der Waals surface area contributed by atoms with Crippen molar-refractivity contribution in [1.82, 2.24) is 0 Å². The van der Waals surface area contributed by atoms with Gasteiger partial charge in [0.25, 0.3) is 0 Å². The minimum atomic E-state index is -0.995. The molecule has 0 bridgehead atoms. The Morgan fingerprint density at radius 1 is 0.917 bits per heavy atom. The molecule has 6 heteroatoms. The van der Waals surface area contributed by atoms with Crippen molar-refractivity contribution < 1.29 is 49.0 Å². The van der Waals surface area contributed by atoms with Gasteiger partial charge in [0.05, 0.1) is 6.61 Å². The van der Waals surface area contributed by atoms with Gasteiger partial charge in [0.2, 0.25) is 0 Å². The molecule has 0 amide bonds. The molecule has 0 radical (unpaired) electrons. The van der Waals surface area contributed by atoms with E-state index >= 15 is 0 Å². The predicted molar refractivity (Wildman–Crippen MR) is 91.8 cm³/mol. The van der Waals surface area contributed by atoms with Crippen LogP contribution in [0, 0.1) is 0 Å². The summed E-state index contributed by atoms with van der Waals surface area (Å²) in [4.78, 5) is 20.3. The largest absolute Gasteiger partial charge is 1.00 e. The molecule has 2 N–H and O–H groups in total. The minimum Gasteiger partial charge on any atom is -0.550 e. The molecule has 0 aromatic heterocycles. The van der Waals surface area contributed by atoms with Crippen molar-refractivity contribution in [3.63, 3.8) is 0 Å². The molecule has 138 valence electrons. The van der Waals surface area contributed by atoms with Crippen LogP contribution in [0.4, 0.5) is 0 Å². The molecule has 0 fully saturated rings. The Morgan fingerprint density at radius 2 is 1.29 bits per heavy atom. The van der Waals surface area contributed by atoms with Gasteiger partial charge in [-0.2, -0.15) is 0 Å². The van der Waals surface area contributed by atoms with Gasteiger partial charge in [-0.1, -0.05) is 71.6 Å². The average Bonchev–Trinajstić information content (AvgIpc) is 2.52. The maximum absolute atomic E-state index is 11.1. The van der Waals surface area contributed by atoms with Gasteiger partial charge in [0.1, 0.15) is 6.04 Å². The van der Waals surface area contributed by atoms with Crippen molar-refractivity contribution in [3.8, 4) is 0 Å². The Kier molecular flexibility index (Phi) is 27.4. The zero-order valence-corrected chi connectivity index (χ0v) is 18.3. The summed E-state index contributed by atoms with van der Waals surface area (Å²) in [6, 6.07) is -0.492. The molecular formula is C18H36NNaO4. The SMILES string of the molecule is CCC(=O)[O-].CCCCCCCCCCCCOC(=O)C(C)N.[Na+]. The van der Waals surface area contributed by atoms with Gasteiger partial charge in [0, 0.05) is 5.97 Å². The molecule has 0 spiro atoms. The first kappa shape index (κ1) is 28.7. The molecule has 24 heavy (non-hydrogen) atoms. The molecule has 0 aromatic rings. The zero-order valence-electron chi connectivity index (χ0n) is 16.3. The minimum absolute atomic E-state index is 0. The molecule has 0 heterocycles. The van der Waals surface area contributed by atoms with Gasteiger partial charge >= 0.3 is 35.5 Å². The van der Waals surface area contributed by atoms with Crippen molar-refractivity contribution >= 4 is 11.9 Å². The number of hydrogen-bond donors (Lipinski definition) is 1. The van der Waals surface area contributed by atoms with E-state index in [0.29, 0.717) is 6.61 Å². The molecule has 0 rings (SSSR count). The third-order valence-electron chi connectivity index (χ3n) is 3.40. The number of ether oxygens (including phenoxy) is 1. The Bertz CT molecular complexity index is 286. The number of aliphatic carboxylic acids is 1. The molecule has 1 unspecified atom stereocenters. The molecule has 0 aliphatic carbocycles. The van der Waals surface area contributed by atoms with E-state index in [1.807, 2.05) is 0 Å². The number of carbonyl (C=O) groups excluding carboxylic acids is 2. The first-order valence-electron chi connectivity index (χ1n) is 9.07. The molecular weight excluding hydrogens is 317 g/mol. The third kappa shape index (κ3) is 26.8. The van der Waals surface area contributed by atoms with E-state index in [0.717, 1.165) is 12.8 Å². The van der Waals surface area contributed by atoms with Crippen LogP contribution in [0.15, 0.2) is 0 Å². The molecule has 0 aromatic carbocycles. The van der Waals surface area contributed by atoms with Gasteiger partial charge in [0.15, 0.2) is 0 Å². The number of carboxylic acid groups (broad SMARTS) is 1. The fourth-order valence-electron chi connectivity index (χ4n) is 1.89. The summed E-state index contributed by atoms with van der Waals surface area (Å²) in [5.41, 5.74) is 5.39. The Morgan fingerprint density at radius 3 is 1.62 bits per heavy atom. The number of hydrogen-bond acceptors (Lipinski definition) is 5. The number of nitrogens with two attached hydrogens (primary N) is 1. The zero-order chi connectivity index (χ0) is 17.9. The van der Waals surface area contributed by atoms with Crippen LogP contribution in [-0.4, -0.2) is 24.6 Å². The van der Waals surface area contributed by atoms with Crippen LogP contribution in [-0.2, 0) is 14.3 Å². The van der Waals surface area contributed by atoms with Gasteiger partial charge in [-0.3, -0.25) is 4.79 Å². The van der Waals surface area contributed by atoms with Crippen LogP contribution in [0.2, 0.25) is 0 Å². The molecule has 0 saturated carbocycles. The van der Waals surface area contributed by atoms with Crippen LogP contribution < -0.4 is 40.4 Å². The summed E-state index contributed by atoms with van der Waals surface area (Å²) in [5, 5.41) is 9.26. The Balaban J connectivity index is -0.000000639. The summed E-state index contributed by atoms with van der Waals surface area (Å²) in [5.74, 6) is -1.28. The summed E-state index contributed by atoms with van der Waals surface area (Å²) in [6.07, 6.45) is 13.0. The molecule has 5 nitrogen and oxygen atoms in total. The number of carboxylic acids is 1. The molecule has 0 aliphatic heterocycles. The Hall–Kier alpha value is -0.100. The van der Waals surface area contributed by atoms with Crippen LogP contribution in [0.3, 0.4) is 0 Å². The van der Waals surface area contributed by atoms with Crippen molar-refractivity contribution in [3.05, 3.63) is 0 Å². The van der Waals surface area contributed by atoms with Crippen molar-refractivity contribution in [2.45, 2.75) is 97.4 Å². The fraction of sp³-hybridized carbons (Fsp3) is 0.889. The van der Waals surface area contributed by atoms with Gasteiger partial charge in [-0.05, 0) is 19.8 Å². The van der Waals surface area contributed by atoms with Crippen LogP contribution in [0.1, 0.15) is 91.4 Å². The van der Waals surface area contributed by atoms with Crippen LogP contribution in [0.25, 0.3) is 0 Å². The number of rotatable bonds is 13. The summed E-state index contributed by atoms with van der Waals surface area (Å²) < 4.78 is 5.01. The van der Waals surface area contributed by atoms with Crippen molar-refractivity contribution in [1.29, 1.82) is 0 Å². The van der Waals surface area contributed by atoms with Gasteiger partial charge in [-0.25, -0.2) is 0 Å². The second-order valence-corrected chi connectivity index (χ2v) is 5.86. The average molecular weight is 353 g/mol. The molecule has 0 aliphatic rings. The maximum atomic E-state index is 11.1. The number of unbranched alkanes of at least 4 members (excludes halogenated alkanes) is 9. The second kappa shape index (κ2) is 22.9. The first-order chi connectivity index (χ1) is 11.0. The normalized spacial score (nSPS) is 10.8. The predicted octanol–water partition coefficient (Wildman–Crippen LogP) is -0.0520. The van der Waals surface area contributed by atoms with Gasteiger partial charge in [-0.15, -0.1) is 0 Å². The third-order valence-corrected chi connectivity index (χ3v) is 3.40. The van der Waals surface area contributed by atoms with E-state index < -0.39 is 12.0 Å². The van der Waals surface area contributed by atoms with Crippen LogP contribution >= 0.6 is 0 Å². The summed E-state index contributed by atoms with van der Waals surface area (Å²) in [6.45, 7) is 5.96.